The fourth-order valence-electron chi connectivity index (χ4n) is 4.61. The number of nitrogens with zero attached hydrogens (tertiary/aromatic N) is 1. The number of ether oxygens (including phenoxy) is 1. The van der Waals surface area contributed by atoms with Crippen LogP contribution in [0.15, 0.2) is 71.5 Å². The van der Waals surface area contributed by atoms with Crippen molar-refractivity contribution in [2.45, 2.75) is 39.0 Å². The third-order valence-corrected chi connectivity index (χ3v) is 6.68. The minimum atomic E-state index is -3.18. The van der Waals surface area contributed by atoms with Crippen molar-refractivity contribution in [3.63, 3.8) is 0 Å². The maximum Gasteiger partial charge on any atom is 0.387 e. The van der Waals surface area contributed by atoms with Gasteiger partial charge in [0.1, 0.15) is 23.6 Å². The zero-order valence-corrected chi connectivity index (χ0v) is 20.9. The number of carbonyl (C=O) groups is 1. The summed E-state index contributed by atoms with van der Waals surface area (Å²) in [6.45, 7) is -1.36. The average molecular weight is 540 g/mol. The number of alkyl halides is 2. The molecule has 4 aromatic rings. The van der Waals surface area contributed by atoms with Gasteiger partial charge in [0, 0.05) is 23.4 Å². The van der Waals surface area contributed by atoms with E-state index < -0.39 is 18.3 Å². The maximum atomic E-state index is 13.9. The first kappa shape index (κ1) is 26.3. The zero-order chi connectivity index (χ0) is 27.7. The molecule has 6 nitrogen and oxygen atoms in total. The molecule has 0 saturated heterocycles. The van der Waals surface area contributed by atoms with Gasteiger partial charge >= 0.3 is 6.61 Å². The molecule has 1 atom stereocenters. The number of aromatic nitrogens is 1. The molecule has 10 heteroatoms. The van der Waals surface area contributed by atoms with Crippen LogP contribution in [-0.2, 0) is 6.54 Å². The normalized spacial score (nSPS) is 13.9. The van der Waals surface area contributed by atoms with Crippen molar-refractivity contribution in [2.24, 2.45) is 5.92 Å². The summed E-state index contributed by atoms with van der Waals surface area (Å²) in [5, 5.41) is 11.0. The maximum absolute atomic E-state index is 13.9. The summed E-state index contributed by atoms with van der Waals surface area (Å²) in [6.07, 6.45) is 4.73. The summed E-state index contributed by atoms with van der Waals surface area (Å²) in [5.41, 5.74) is 2.48. The highest BCUT2D eigenvalue weighted by Crippen LogP contribution is 2.41. The van der Waals surface area contributed by atoms with Crippen LogP contribution in [0, 0.1) is 29.9 Å². The molecule has 2 N–H and O–H groups in total. The summed E-state index contributed by atoms with van der Waals surface area (Å²) in [7, 11) is 0. The van der Waals surface area contributed by atoms with Gasteiger partial charge in [-0.25, -0.2) is 8.78 Å². The third kappa shape index (κ3) is 6.05. The van der Waals surface area contributed by atoms with E-state index in [0.29, 0.717) is 16.7 Å². The van der Waals surface area contributed by atoms with E-state index in [4.69, 9.17) is 9.83 Å². The second-order valence-corrected chi connectivity index (χ2v) is 9.57. The van der Waals surface area contributed by atoms with E-state index in [1.54, 1.807) is 37.4 Å². The van der Waals surface area contributed by atoms with Crippen molar-refractivity contribution in [3.05, 3.63) is 107 Å². The van der Waals surface area contributed by atoms with Gasteiger partial charge in [-0.05, 0) is 84.3 Å². The predicted molar refractivity (Wildman–Crippen MR) is 134 cm³/mol. The monoisotopic (exact) mass is 539 g/mol. The second-order valence-electron chi connectivity index (χ2n) is 9.57. The number of aryl methyl sites for hydroxylation is 1. The van der Waals surface area contributed by atoms with E-state index in [0.717, 1.165) is 30.5 Å². The Morgan fingerprint density at radius 1 is 1.13 bits per heavy atom. The Bertz CT molecular complexity index is 1580. The van der Waals surface area contributed by atoms with E-state index in [1.165, 1.54) is 29.0 Å². The summed E-state index contributed by atoms with van der Waals surface area (Å²) in [4.78, 5) is 13.6. The Kier molecular flexibility index (Phi) is 7.28. The van der Waals surface area contributed by atoms with Crippen molar-refractivity contribution in [2.75, 3.05) is 0 Å². The molecule has 3 aromatic carbocycles. The van der Waals surface area contributed by atoms with Gasteiger partial charge < -0.3 is 14.5 Å². The van der Waals surface area contributed by atoms with Crippen molar-refractivity contribution >= 4 is 5.91 Å². The summed E-state index contributed by atoms with van der Waals surface area (Å²) in [5.74, 6) is -1.67. The van der Waals surface area contributed by atoms with Crippen LogP contribution in [0.5, 0.6) is 5.75 Å². The number of nitrogens with one attached hydrogen (secondary N) is 2. The Morgan fingerprint density at radius 3 is 2.59 bits per heavy atom. The lowest BCUT2D eigenvalue weighted by atomic mass is 9.97. The quantitative estimate of drug-likeness (QED) is 0.244. The molecule has 1 heterocycles. The van der Waals surface area contributed by atoms with Crippen molar-refractivity contribution in [3.8, 4) is 16.9 Å². The Labute approximate surface area is 221 Å². The lowest BCUT2D eigenvalue weighted by Gasteiger charge is -2.20. The molecule has 202 valence electrons. The van der Waals surface area contributed by atoms with E-state index in [2.05, 4.69) is 10.1 Å². The van der Waals surface area contributed by atoms with Gasteiger partial charge in [-0.1, -0.05) is 12.1 Å². The molecule has 0 spiro atoms. The molecule has 0 unspecified atom stereocenters. The van der Waals surface area contributed by atoms with Gasteiger partial charge in [0.25, 0.3) is 11.6 Å². The first-order valence-electron chi connectivity index (χ1n) is 12.3. The fraction of sp³-hybridized carbons (Fsp3) is 0.241. The SMILES string of the molecule is Cc1cc([C@@H](NC(=O)c2cc(Cn3ccoc3=N)cc(-c3ccc(F)cc3OC(F)F)c2)C2CC2)ccc1F. The Hall–Kier alpha value is -4.34. The Morgan fingerprint density at radius 2 is 1.92 bits per heavy atom. The minimum absolute atomic E-state index is 0.115. The number of hydrogen-bond donors (Lipinski definition) is 2. The molecule has 1 aliphatic rings. The molecule has 0 radical (unpaired) electrons. The first-order valence-corrected chi connectivity index (χ1v) is 12.3. The van der Waals surface area contributed by atoms with Crippen molar-refractivity contribution in [1.29, 1.82) is 5.41 Å². The predicted octanol–water partition coefficient (Wildman–Crippen LogP) is 6.34. The number of oxazole rings is 1. The van der Waals surface area contributed by atoms with Crippen LogP contribution in [0.4, 0.5) is 17.6 Å². The van der Waals surface area contributed by atoms with E-state index >= 15 is 0 Å². The van der Waals surface area contributed by atoms with E-state index in [1.807, 2.05) is 0 Å². The van der Waals surface area contributed by atoms with Crippen molar-refractivity contribution < 1.29 is 31.5 Å². The summed E-state index contributed by atoms with van der Waals surface area (Å²) in [6, 6.07) is 12.5. The number of rotatable bonds is 9. The number of hydrogen-bond acceptors (Lipinski definition) is 4. The molecule has 1 fully saturated rings. The highest BCUT2D eigenvalue weighted by molar-refractivity contribution is 5.96. The van der Waals surface area contributed by atoms with Gasteiger partial charge in [0.15, 0.2) is 0 Å². The first-order chi connectivity index (χ1) is 18.7. The molecule has 5 rings (SSSR count). The number of amides is 1. The summed E-state index contributed by atoms with van der Waals surface area (Å²) >= 11 is 0. The van der Waals surface area contributed by atoms with Crippen LogP contribution < -0.4 is 15.7 Å². The lowest BCUT2D eigenvalue weighted by molar-refractivity contribution is -0.0496. The Balaban J connectivity index is 1.54. The van der Waals surface area contributed by atoms with Gasteiger partial charge in [-0.3, -0.25) is 14.8 Å². The van der Waals surface area contributed by atoms with Gasteiger partial charge in [-0.2, -0.15) is 8.78 Å². The van der Waals surface area contributed by atoms with Gasteiger partial charge in [0.2, 0.25) is 0 Å². The number of benzene rings is 3. The number of carbonyl (C=O) groups excluding carboxylic acids is 1. The molecule has 1 aromatic heterocycles. The van der Waals surface area contributed by atoms with Crippen LogP contribution in [0.1, 0.15) is 45.9 Å². The average Bonchev–Trinajstić information content (AvgIpc) is 3.65. The summed E-state index contributed by atoms with van der Waals surface area (Å²) < 4.78 is 65.1. The molecular formula is C29H25F4N3O3. The van der Waals surface area contributed by atoms with Gasteiger partial charge in [0.05, 0.1) is 12.6 Å². The molecule has 39 heavy (non-hydrogen) atoms. The molecule has 1 amide bonds. The standard InChI is InChI=1S/C29H25F4N3O3/c1-16-10-19(4-7-24(16)31)26(18-2-3-18)35-27(37)21-12-17(15-36-8-9-38-29(36)34)11-20(13-21)23-6-5-22(30)14-25(23)39-28(32)33/h4-14,18,26,28,34H,2-3,15H2,1H3,(H,35,37)/t26-/m0/s1. The van der Waals surface area contributed by atoms with Crippen molar-refractivity contribution in [1.82, 2.24) is 9.88 Å². The highest BCUT2D eigenvalue weighted by Gasteiger charge is 2.34. The second kappa shape index (κ2) is 10.8. The molecule has 0 aliphatic heterocycles. The number of halogens is 4. The zero-order valence-electron chi connectivity index (χ0n) is 20.9. The van der Waals surface area contributed by atoms with Crippen LogP contribution >= 0.6 is 0 Å². The van der Waals surface area contributed by atoms with Gasteiger partial charge in [-0.15, -0.1) is 0 Å². The molecule has 1 saturated carbocycles. The van der Waals surface area contributed by atoms with Crippen LogP contribution in [0.3, 0.4) is 0 Å². The highest BCUT2D eigenvalue weighted by atomic mass is 19.3. The topological polar surface area (TPSA) is 80.3 Å². The minimum Gasteiger partial charge on any atom is -0.434 e. The smallest absolute Gasteiger partial charge is 0.387 e. The molecule has 1 aliphatic carbocycles. The largest absolute Gasteiger partial charge is 0.434 e. The van der Waals surface area contributed by atoms with E-state index in [-0.39, 0.29) is 46.9 Å². The van der Waals surface area contributed by atoms with E-state index in [9.17, 15) is 22.4 Å². The third-order valence-electron chi connectivity index (χ3n) is 6.68. The molecule has 0 bridgehead atoms. The fourth-order valence-corrected chi connectivity index (χ4v) is 4.61. The van der Waals surface area contributed by atoms with Crippen LogP contribution in [0.25, 0.3) is 11.1 Å². The molecular weight excluding hydrogens is 514 g/mol. The lowest BCUT2D eigenvalue weighted by Crippen LogP contribution is -2.30. The van der Waals surface area contributed by atoms with Crippen LogP contribution in [-0.4, -0.2) is 17.1 Å². The van der Waals surface area contributed by atoms with Crippen LogP contribution in [0.2, 0.25) is 0 Å².